The van der Waals surface area contributed by atoms with E-state index in [1.54, 1.807) is 0 Å². The third-order valence-corrected chi connectivity index (χ3v) is 4.60. The molecule has 1 unspecified atom stereocenters. The van der Waals surface area contributed by atoms with Crippen LogP contribution in [0.25, 0.3) is 10.9 Å². The zero-order chi connectivity index (χ0) is 10.8. The van der Waals surface area contributed by atoms with Gasteiger partial charge >= 0.3 is 0 Å². The minimum atomic E-state index is 0.672. The maximum Gasteiger partial charge on any atom is 0.0702 e. The quantitative estimate of drug-likeness (QED) is 0.727. The fourth-order valence-electron chi connectivity index (χ4n) is 2.27. The van der Waals surface area contributed by atoms with Gasteiger partial charge in [0.15, 0.2) is 0 Å². The third-order valence-electron chi connectivity index (χ3n) is 3.16. The molecule has 1 aliphatic heterocycles. The predicted octanol–water partition coefficient (Wildman–Crippen LogP) is 4.19. The summed E-state index contributed by atoms with van der Waals surface area (Å²) in [5.74, 6) is 1.30. The van der Waals surface area contributed by atoms with Gasteiger partial charge in [-0.15, -0.1) is 0 Å². The van der Waals surface area contributed by atoms with Crippen LogP contribution in [0.1, 0.15) is 30.1 Å². The van der Waals surface area contributed by atoms with E-state index >= 15 is 0 Å². The smallest absolute Gasteiger partial charge is 0.0702 e. The summed E-state index contributed by atoms with van der Waals surface area (Å²) < 4.78 is 0. The number of para-hydroxylation sites is 1. The van der Waals surface area contributed by atoms with Gasteiger partial charge in [-0.2, -0.15) is 11.8 Å². The molecule has 82 valence electrons. The summed E-state index contributed by atoms with van der Waals surface area (Å²) in [6, 6.07) is 10.7. The van der Waals surface area contributed by atoms with Gasteiger partial charge in [0, 0.05) is 16.8 Å². The van der Waals surface area contributed by atoms with Crippen molar-refractivity contribution in [1.29, 1.82) is 0 Å². The molecule has 0 amide bonds. The molecule has 2 heterocycles. The van der Waals surface area contributed by atoms with Crippen LogP contribution < -0.4 is 0 Å². The molecule has 3 rings (SSSR count). The van der Waals surface area contributed by atoms with Crippen LogP contribution in [0.3, 0.4) is 0 Å². The standard InChI is InChI=1S/C14H15NS/c1-2-6-13-11(5-1)9-12(10-15-13)14-7-3-4-8-16-14/h1-2,5-6,9-10,14H,3-4,7-8H2. The molecular weight excluding hydrogens is 214 g/mol. The van der Waals surface area contributed by atoms with E-state index in [9.17, 15) is 0 Å². The SMILES string of the molecule is c1ccc2ncc(C3CCCCS3)cc2c1. The van der Waals surface area contributed by atoms with Gasteiger partial charge in [-0.25, -0.2) is 0 Å². The molecule has 0 saturated carbocycles. The lowest BCUT2D eigenvalue weighted by Gasteiger charge is -2.21. The van der Waals surface area contributed by atoms with Crippen molar-refractivity contribution >= 4 is 22.7 Å². The summed E-state index contributed by atoms with van der Waals surface area (Å²) in [5.41, 5.74) is 2.51. The maximum atomic E-state index is 4.54. The number of fused-ring (bicyclic) bond motifs is 1. The zero-order valence-electron chi connectivity index (χ0n) is 9.23. The molecule has 0 radical (unpaired) electrons. The lowest BCUT2D eigenvalue weighted by Crippen LogP contribution is -2.02. The Morgan fingerprint density at radius 1 is 1.19 bits per heavy atom. The first-order valence-corrected chi connectivity index (χ1v) is 6.95. The zero-order valence-corrected chi connectivity index (χ0v) is 10.0. The molecule has 0 bridgehead atoms. The molecule has 0 spiro atoms. The first-order valence-electron chi connectivity index (χ1n) is 5.90. The average Bonchev–Trinajstić information content (AvgIpc) is 2.39. The molecule has 1 saturated heterocycles. The minimum absolute atomic E-state index is 0.672. The Morgan fingerprint density at radius 2 is 2.12 bits per heavy atom. The summed E-state index contributed by atoms with van der Waals surface area (Å²) in [5, 5.41) is 1.94. The van der Waals surface area contributed by atoms with Crippen molar-refractivity contribution in [1.82, 2.24) is 4.98 Å². The van der Waals surface area contributed by atoms with Crippen LogP contribution in [0.15, 0.2) is 36.5 Å². The van der Waals surface area contributed by atoms with Crippen LogP contribution in [-0.2, 0) is 0 Å². The summed E-state index contributed by atoms with van der Waals surface area (Å²) in [6.07, 6.45) is 6.11. The number of hydrogen-bond acceptors (Lipinski definition) is 2. The molecule has 1 aromatic heterocycles. The summed E-state index contributed by atoms with van der Waals surface area (Å²) in [6.45, 7) is 0. The van der Waals surface area contributed by atoms with Crippen molar-refractivity contribution in [3.05, 3.63) is 42.1 Å². The monoisotopic (exact) mass is 229 g/mol. The molecule has 1 atom stereocenters. The Hall–Kier alpha value is -1.02. The molecule has 1 nitrogen and oxygen atoms in total. The molecule has 1 fully saturated rings. The largest absolute Gasteiger partial charge is 0.256 e. The maximum absolute atomic E-state index is 4.54. The number of rotatable bonds is 1. The van der Waals surface area contributed by atoms with Gasteiger partial charge in [0.2, 0.25) is 0 Å². The molecule has 2 heteroatoms. The van der Waals surface area contributed by atoms with E-state index in [2.05, 4.69) is 47.2 Å². The van der Waals surface area contributed by atoms with Crippen molar-refractivity contribution in [3.8, 4) is 0 Å². The van der Waals surface area contributed by atoms with Gasteiger partial charge in [-0.1, -0.05) is 24.6 Å². The predicted molar refractivity (Wildman–Crippen MR) is 70.8 cm³/mol. The van der Waals surface area contributed by atoms with Gasteiger partial charge in [0.1, 0.15) is 0 Å². The van der Waals surface area contributed by atoms with E-state index in [1.807, 2.05) is 6.07 Å². The molecular formula is C14H15NS. The molecule has 1 aromatic carbocycles. The highest BCUT2D eigenvalue weighted by Crippen LogP contribution is 2.38. The average molecular weight is 229 g/mol. The fourth-order valence-corrected chi connectivity index (χ4v) is 3.58. The Kier molecular flexibility index (Phi) is 2.83. The molecule has 0 aliphatic carbocycles. The topological polar surface area (TPSA) is 12.9 Å². The lowest BCUT2D eigenvalue weighted by atomic mass is 10.1. The Morgan fingerprint density at radius 3 is 3.00 bits per heavy atom. The van der Waals surface area contributed by atoms with Crippen LogP contribution in [0.2, 0.25) is 0 Å². The highest BCUT2D eigenvalue weighted by Gasteiger charge is 2.16. The van der Waals surface area contributed by atoms with Crippen LogP contribution in [0, 0.1) is 0 Å². The van der Waals surface area contributed by atoms with Crippen molar-refractivity contribution < 1.29 is 0 Å². The molecule has 2 aromatic rings. The highest BCUT2D eigenvalue weighted by molar-refractivity contribution is 7.99. The van der Waals surface area contributed by atoms with Crippen LogP contribution >= 0.6 is 11.8 Å². The van der Waals surface area contributed by atoms with E-state index in [-0.39, 0.29) is 0 Å². The Labute approximate surface area is 100 Å². The number of hydrogen-bond donors (Lipinski definition) is 0. The van der Waals surface area contributed by atoms with Gasteiger partial charge in [-0.3, -0.25) is 4.98 Å². The summed E-state index contributed by atoms with van der Waals surface area (Å²) in [4.78, 5) is 4.54. The fraction of sp³-hybridized carbons (Fsp3) is 0.357. The van der Waals surface area contributed by atoms with E-state index in [0.717, 1.165) is 5.52 Å². The number of benzene rings is 1. The van der Waals surface area contributed by atoms with E-state index in [1.165, 1.54) is 36.0 Å². The van der Waals surface area contributed by atoms with Crippen molar-refractivity contribution in [3.63, 3.8) is 0 Å². The minimum Gasteiger partial charge on any atom is -0.256 e. The lowest BCUT2D eigenvalue weighted by molar-refractivity contribution is 0.685. The number of thioether (sulfide) groups is 1. The molecule has 16 heavy (non-hydrogen) atoms. The van der Waals surface area contributed by atoms with Gasteiger partial charge in [-0.05, 0) is 36.3 Å². The van der Waals surface area contributed by atoms with Crippen LogP contribution in [0.4, 0.5) is 0 Å². The van der Waals surface area contributed by atoms with Crippen LogP contribution in [-0.4, -0.2) is 10.7 Å². The van der Waals surface area contributed by atoms with Crippen molar-refractivity contribution in [2.75, 3.05) is 5.75 Å². The molecule has 0 N–H and O–H groups in total. The van der Waals surface area contributed by atoms with E-state index < -0.39 is 0 Å². The van der Waals surface area contributed by atoms with Crippen LogP contribution in [0.5, 0.6) is 0 Å². The van der Waals surface area contributed by atoms with Gasteiger partial charge < -0.3 is 0 Å². The second kappa shape index (κ2) is 4.46. The van der Waals surface area contributed by atoms with Crippen molar-refractivity contribution in [2.24, 2.45) is 0 Å². The number of nitrogens with zero attached hydrogens (tertiary/aromatic N) is 1. The first kappa shape index (κ1) is 10.2. The first-order chi connectivity index (χ1) is 7.93. The van der Waals surface area contributed by atoms with E-state index in [0.29, 0.717) is 5.25 Å². The van der Waals surface area contributed by atoms with Crippen molar-refractivity contribution in [2.45, 2.75) is 24.5 Å². The molecule has 1 aliphatic rings. The van der Waals surface area contributed by atoms with Gasteiger partial charge in [0.25, 0.3) is 0 Å². The summed E-state index contributed by atoms with van der Waals surface area (Å²) >= 11 is 2.08. The van der Waals surface area contributed by atoms with Gasteiger partial charge in [0.05, 0.1) is 5.52 Å². The Bertz CT molecular complexity index is 489. The Balaban J connectivity index is 1.97. The second-order valence-electron chi connectivity index (χ2n) is 4.32. The number of aromatic nitrogens is 1. The third kappa shape index (κ3) is 1.94. The highest BCUT2D eigenvalue weighted by atomic mass is 32.2. The normalized spacial score (nSPS) is 21.1. The number of pyridine rings is 1. The summed E-state index contributed by atoms with van der Waals surface area (Å²) in [7, 11) is 0. The van der Waals surface area contributed by atoms with E-state index in [4.69, 9.17) is 0 Å². The second-order valence-corrected chi connectivity index (χ2v) is 5.63.